The van der Waals surface area contributed by atoms with E-state index in [1.54, 1.807) is 0 Å². The van der Waals surface area contributed by atoms with E-state index in [2.05, 4.69) is 48.6 Å². The van der Waals surface area contributed by atoms with Crippen LogP contribution >= 0.6 is 0 Å². The van der Waals surface area contributed by atoms with Gasteiger partial charge in [-0.15, -0.1) is 0 Å². The van der Waals surface area contributed by atoms with Crippen LogP contribution in [0, 0.1) is 0 Å². The number of aliphatic hydroxyl groups is 1. The lowest BCUT2D eigenvalue weighted by atomic mass is 10.0. The molecule has 0 aliphatic rings. The van der Waals surface area contributed by atoms with Crippen LogP contribution in [0.1, 0.15) is 31.7 Å². The van der Waals surface area contributed by atoms with Gasteiger partial charge < -0.3 is 10.4 Å². The van der Waals surface area contributed by atoms with Gasteiger partial charge in [0.25, 0.3) is 0 Å². The third kappa shape index (κ3) is 4.71. The summed E-state index contributed by atoms with van der Waals surface area (Å²) in [5.41, 5.74) is 3.46. The van der Waals surface area contributed by atoms with E-state index in [0.29, 0.717) is 0 Å². The van der Waals surface area contributed by atoms with Crippen molar-refractivity contribution in [1.82, 2.24) is 0 Å². The summed E-state index contributed by atoms with van der Waals surface area (Å²) in [5.74, 6) is 0. The largest absolute Gasteiger partial charge is 0.393 e. The molecule has 0 radical (unpaired) electrons. The van der Waals surface area contributed by atoms with Crippen LogP contribution in [0.2, 0.25) is 0 Å². The minimum absolute atomic E-state index is 0.165. The molecule has 20 heavy (non-hydrogen) atoms. The summed E-state index contributed by atoms with van der Waals surface area (Å²) in [5, 5.41) is 13.1. The van der Waals surface area contributed by atoms with Crippen molar-refractivity contribution in [3.8, 4) is 0 Å². The number of hydrogen-bond donors (Lipinski definition) is 2. The predicted molar refractivity (Wildman–Crippen MR) is 85.4 cm³/mol. The fourth-order valence-corrected chi connectivity index (χ4v) is 2.25. The van der Waals surface area contributed by atoms with Crippen LogP contribution in [0.4, 0.5) is 11.4 Å². The van der Waals surface area contributed by atoms with Crippen molar-refractivity contribution in [3.63, 3.8) is 0 Å². The molecule has 0 saturated carbocycles. The highest BCUT2D eigenvalue weighted by atomic mass is 16.3. The van der Waals surface area contributed by atoms with Gasteiger partial charge in [0.2, 0.25) is 0 Å². The number of anilines is 2. The number of aryl methyl sites for hydroxylation is 1. The Labute approximate surface area is 121 Å². The Balaban J connectivity index is 1.87. The van der Waals surface area contributed by atoms with Gasteiger partial charge in [-0.05, 0) is 49.1 Å². The summed E-state index contributed by atoms with van der Waals surface area (Å²) < 4.78 is 0. The van der Waals surface area contributed by atoms with Crippen molar-refractivity contribution in [2.75, 3.05) is 5.32 Å². The molecule has 2 nitrogen and oxygen atoms in total. The Bertz CT molecular complexity index is 493. The highest BCUT2D eigenvalue weighted by Gasteiger charge is 2.03. The summed E-state index contributed by atoms with van der Waals surface area (Å²) >= 11 is 0. The molecule has 0 heterocycles. The van der Waals surface area contributed by atoms with Gasteiger partial charge in [0.05, 0.1) is 6.10 Å². The first-order valence-corrected chi connectivity index (χ1v) is 7.37. The Morgan fingerprint density at radius 1 is 0.900 bits per heavy atom. The quantitative estimate of drug-likeness (QED) is 0.774. The Morgan fingerprint density at radius 3 is 2.20 bits per heavy atom. The molecule has 1 atom stereocenters. The van der Waals surface area contributed by atoms with Crippen molar-refractivity contribution in [2.24, 2.45) is 0 Å². The molecule has 0 aliphatic heterocycles. The zero-order valence-corrected chi connectivity index (χ0v) is 12.0. The molecule has 0 aromatic heterocycles. The van der Waals surface area contributed by atoms with Crippen molar-refractivity contribution in [2.45, 2.75) is 38.7 Å². The van der Waals surface area contributed by atoms with E-state index in [9.17, 15) is 5.11 Å². The number of aliphatic hydroxyl groups excluding tert-OH is 1. The third-order valence-electron chi connectivity index (χ3n) is 3.40. The molecule has 0 aliphatic carbocycles. The van der Waals surface area contributed by atoms with E-state index >= 15 is 0 Å². The van der Waals surface area contributed by atoms with Crippen molar-refractivity contribution in [1.29, 1.82) is 0 Å². The molecule has 106 valence electrons. The van der Waals surface area contributed by atoms with Gasteiger partial charge >= 0.3 is 0 Å². The normalized spacial score (nSPS) is 12.1. The fraction of sp³-hybridized carbons (Fsp3) is 0.333. The maximum Gasteiger partial charge on any atom is 0.0543 e. The van der Waals surface area contributed by atoms with Gasteiger partial charge in [0.1, 0.15) is 0 Å². The summed E-state index contributed by atoms with van der Waals surface area (Å²) in [6.45, 7) is 2.10. The minimum atomic E-state index is -0.165. The third-order valence-corrected chi connectivity index (χ3v) is 3.40. The molecule has 2 heteroatoms. The second kappa shape index (κ2) is 7.71. The van der Waals surface area contributed by atoms with Gasteiger partial charge in [-0.3, -0.25) is 0 Å². The first-order chi connectivity index (χ1) is 9.78. The molecule has 0 saturated heterocycles. The molecule has 2 aromatic rings. The zero-order valence-electron chi connectivity index (χ0n) is 12.0. The number of benzene rings is 2. The average molecular weight is 269 g/mol. The molecular weight excluding hydrogens is 246 g/mol. The maximum absolute atomic E-state index is 9.75. The summed E-state index contributed by atoms with van der Waals surface area (Å²) in [7, 11) is 0. The van der Waals surface area contributed by atoms with Crippen LogP contribution in [-0.2, 0) is 6.42 Å². The molecule has 2 aromatic carbocycles. The minimum Gasteiger partial charge on any atom is -0.393 e. The number of hydrogen-bond acceptors (Lipinski definition) is 2. The Morgan fingerprint density at radius 2 is 1.55 bits per heavy atom. The van der Waals surface area contributed by atoms with E-state index in [-0.39, 0.29) is 6.10 Å². The monoisotopic (exact) mass is 269 g/mol. The maximum atomic E-state index is 9.75. The highest BCUT2D eigenvalue weighted by molar-refractivity contribution is 5.59. The van der Waals surface area contributed by atoms with E-state index in [1.165, 1.54) is 5.56 Å². The Kier molecular flexibility index (Phi) is 5.63. The molecule has 1 unspecified atom stereocenters. The zero-order chi connectivity index (χ0) is 14.2. The standard InChI is InChI=1S/C18H23NO/c1-2-6-18(20)14-11-15-9-12-17(13-10-15)19-16-7-4-3-5-8-16/h3-5,7-10,12-13,18-20H,2,6,11,14H2,1H3. The van der Waals surface area contributed by atoms with Crippen LogP contribution in [0.3, 0.4) is 0 Å². The van der Waals surface area contributed by atoms with Crippen LogP contribution in [-0.4, -0.2) is 11.2 Å². The number of nitrogens with one attached hydrogen (secondary N) is 1. The van der Waals surface area contributed by atoms with Crippen molar-refractivity contribution in [3.05, 3.63) is 60.2 Å². The van der Waals surface area contributed by atoms with E-state index in [4.69, 9.17) is 0 Å². The van der Waals surface area contributed by atoms with Gasteiger partial charge in [0.15, 0.2) is 0 Å². The molecule has 2 N–H and O–H groups in total. The van der Waals surface area contributed by atoms with E-state index in [0.717, 1.165) is 37.1 Å². The SMILES string of the molecule is CCCC(O)CCc1ccc(Nc2ccccc2)cc1. The lowest BCUT2D eigenvalue weighted by Crippen LogP contribution is -2.07. The molecule has 0 spiro atoms. The Hall–Kier alpha value is -1.80. The topological polar surface area (TPSA) is 32.3 Å². The van der Waals surface area contributed by atoms with E-state index in [1.807, 2.05) is 18.2 Å². The predicted octanol–water partition coefficient (Wildman–Crippen LogP) is 4.52. The summed E-state index contributed by atoms with van der Waals surface area (Å²) in [4.78, 5) is 0. The number of para-hydroxylation sites is 1. The molecule has 2 rings (SSSR count). The second-order valence-electron chi connectivity index (χ2n) is 5.17. The molecule has 0 bridgehead atoms. The van der Waals surface area contributed by atoms with E-state index < -0.39 is 0 Å². The summed E-state index contributed by atoms with van der Waals surface area (Å²) in [6.07, 6.45) is 3.56. The van der Waals surface area contributed by atoms with Gasteiger partial charge in [-0.2, -0.15) is 0 Å². The van der Waals surface area contributed by atoms with Crippen molar-refractivity contribution >= 4 is 11.4 Å². The lowest BCUT2D eigenvalue weighted by Gasteiger charge is -2.10. The lowest BCUT2D eigenvalue weighted by molar-refractivity contribution is 0.154. The van der Waals surface area contributed by atoms with Gasteiger partial charge in [-0.25, -0.2) is 0 Å². The van der Waals surface area contributed by atoms with Crippen LogP contribution in [0.5, 0.6) is 0 Å². The van der Waals surface area contributed by atoms with Crippen molar-refractivity contribution < 1.29 is 5.11 Å². The first kappa shape index (κ1) is 14.6. The molecule has 0 amide bonds. The van der Waals surface area contributed by atoms with Crippen LogP contribution in [0.15, 0.2) is 54.6 Å². The van der Waals surface area contributed by atoms with Crippen LogP contribution < -0.4 is 5.32 Å². The smallest absolute Gasteiger partial charge is 0.0543 e. The fourth-order valence-electron chi connectivity index (χ4n) is 2.25. The molecule has 0 fully saturated rings. The summed E-state index contributed by atoms with van der Waals surface area (Å²) in [6, 6.07) is 18.6. The second-order valence-corrected chi connectivity index (χ2v) is 5.17. The average Bonchev–Trinajstić information content (AvgIpc) is 2.48. The first-order valence-electron chi connectivity index (χ1n) is 7.37. The van der Waals surface area contributed by atoms with Gasteiger partial charge in [-0.1, -0.05) is 43.7 Å². The highest BCUT2D eigenvalue weighted by Crippen LogP contribution is 2.17. The number of rotatable bonds is 7. The van der Waals surface area contributed by atoms with Gasteiger partial charge in [0, 0.05) is 11.4 Å². The molecular formula is C18H23NO. The van der Waals surface area contributed by atoms with Crippen LogP contribution in [0.25, 0.3) is 0 Å².